The SMILES string of the molecule is O=C(O)CCCCCNC(=O)CN1C(=O)/C(=C/c2ccc(-c3ccccc3)cc2)SC1=S. The van der Waals surface area contributed by atoms with E-state index in [0.717, 1.165) is 23.1 Å². The lowest BCUT2D eigenvalue weighted by Gasteiger charge is -2.14. The molecule has 166 valence electrons. The summed E-state index contributed by atoms with van der Waals surface area (Å²) in [5.41, 5.74) is 3.10. The number of hydrogen-bond acceptors (Lipinski definition) is 5. The van der Waals surface area contributed by atoms with Crippen LogP contribution < -0.4 is 5.32 Å². The van der Waals surface area contributed by atoms with E-state index in [1.165, 1.54) is 16.7 Å². The third kappa shape index (κ3) is 6.77. The van der Waals surface area contributed by atoms with Crippen molar-refractivity contribution in [3.63, 3.8) is 0 Å². The van der Waals surface area contributed by atoms with Gasteiger partial charge in [0, 0.05) is 13.0 Å². The fourth-order valence-electron chi connectivity index (χ4n) is 3.20. The number of carbonyl (C=O) groups is 3. The van der Waals surface area contributed by atoms with Gasteiger partial charge in [-0.25, -0.2) is 0 Å². The largest absolute Gasteiger partial charge is 0.481 e. The molecule has 2 aromatic carbocycles. The first kappa shape index (κ1) is 23.7. The average molecular weight is 469 g/mol. The number of carbonyl (C=O) groups excluding carboxylic acids is 2. The quantitative estimate of drug-likeness (QED) is 0.307. The zero-order valence-corrected chi connectivity index (χ0v) is 19.1. The van der Waals surface area contributed by atoms with Gasteiger partial charge >= 0.3 is 5.97 Å². The summed E-state index contributed by atoms with van der Waals surface area (Å²) >= 11 is 6.49. The van der Waals surface area contributed by atoms with Crippen LogP contribution in [-0.4, -0.2) is 45.2 Å². The fraction of sp³-hybridized carbons (Fsp3) is 0.250. The first-order valence-corrected chi connectivity index (χ1v) is 11.6. The van der Waals surface area contributed by atoms with Gasteiger partial charge < -0.3 is 10.4 Å². The zero-order valence-electron chi connectivity index (χ0n) is 17.5. The molecule has 0 unspecified atom stereocenters. The molecule has 0 atom stereocenters. The lowest BCUT2D eigenvalue weighted by Crippen LogP contribution is -2.39. The monoisotopic (exact) mass is 468 g/mol. The molecule has 1 saturated heterocycles. The van der Waals surface area contributed by atoms with E-state index in [1.807, 2.05) is 54.6 Å². The highest BCUT2D eigenvalue weighted by Crippen LogP contribution is 2.32. The standard InChI is InChI=1S/C24H24N2O4S2/c27-21(25-14-6-2-5-9-22(28)29)16-26-23(30)20(32-24(26)31)15-17-10-12-19(13-11-17)18-7-3-1-4-8-18/h1,3-4,7-8,10-13,15H,2,5-6,9,14,16H2,(H,25,27)(H,28,29)/b20-15-. The number of benzene rings is 2. The van der Waals surface area contributed by atoms with E-state index in [1.54, 1.807) is 6.08 Å². The lowest BCUT2D eigenvalue weighted by molar-refractivity contribution is -0.137. The molecule has 2 N–H and O–H groups in total. The highest BCUT2D eigenvalue weighted by Gasteiger charge is 2.33. The number of thiocarbonyl (C=S) groups is 1. The molecule has 1 heterocycles. The molecule has 3 rings (SSSR count). The van der Waals surface area contributed by atoms with Crippen molar-refractivity contribution in [3.05, 3.63) is 65.1 Å². The third-order valence-corrected chi connectivity index (χ3v) is 6.26. The van der Waals surface area contributed by atoms with E-state index < -0.39 is 5.97 Å². The van der Waals surface area contributed by atoms with Crippen molar-refractivity contribution in [2.24, 2.45) is 0 Å². The number of carboxylic acids is 1. The van der Waals surface area contributed by atoms with E-state index in [9.17, 15) is 14.4 Å². The number of nitrogens with zero attached hydrogens (tertiary/aromatic N) is 1. The van der Waals surface area contributed by atoms with E-state index >= 15 is 0 Å². The highest BCUT2D eigenvalue weighted by atomic mass is 32.2. The second-order valence-electron chi connectivity index (χ2n) is 7.31. The smallest absolute Gasteiger partial charge is 0.303 e. The Labute approximate surface area is 196 Å². The zero-order chi connectivity index (χ0) is 22.9. The van der Waals surface area contributed by atoms with Gasteiger partial charge in [0.2, 0.25) is 5.91 Å². The second kappa shape index (κ2) is 11.6. The fourth-order valence-corrected chi connectivity index (χ4v) is 4.45. The Bertz CT molecular complexity index is 1020. The van der Waals surface area contributed by atoms with Crippen molar-refractivity contribution in [2.75, 3.05) is 13.1 Å². The Hall–Kier alpha value is -2.97. The molecule has 0 aromatic heterocycles. The summed E-state index contributed by atoms with van der Waals surface area (Å²) in [6, 6.07) is 18.0. The molecule has 1 fully saturated rings. The normalized spacial score (nSPS) is 14.8. The molecule has 8 heteroatoms. The van der Waals surface area contributed by atoms with Crippen LogP contribution in [0, 0.1) is 0 Å². The number of thioether (sulfide) groups is 1. The van der Waals surface area contributed by atoms with Gasteiger partial charge in [0.25, 0.3) is 5.91 Å². The van der Waals surface area contributed by atoms with Gasteiger partial charge in [0.05, 0.1) is 4.91 Å². The van der Waals surface area contributed by atoms with Crippen LogP contribution in [0.4, 0.5) is 0 Å². The summed E-state index contributed by atoms with van der Waals surface area (Å²) in [7, 11) is 0. The van der Waals surface area contributed by atoms with Gasteiger partial charge in [0.15, 0.2) is 0 Å². The minimum absolute atomic E-state index is 0.121. The van der Waals surface area contributed by atoms with Crippen molar-refractivity contribution in [3.8, 4) is 11.1 Å². The molecule has 2 aromatic rings. The maximum absolute atomic E-state index is 12.7. The van der Waals surface area contributed by atoms with Crippen LogP contribution in [0.15, 0.2) is 59.5 Å². The van der Waals surface area contributed by atoms with Crippen LogP contribution in [0.3, 0.4) is 0 Å². The molecule has 0 bridgehead atoms. The summed E-state index contributed by atoms with van der Waals surface area (Å²) in [5, 5.41) is 11.4. The minimum atomic E-state index is -0.816. The van der Waals surface area contributed by atoms with Gasteiger partial charge in [-0.1, -0.05) is 85.0 Å². The van der Waals surface area contributed by atoms with Gasteiger partial charge in [-0.05, 0) is 35.6 Å². The predicted octanol–water partition coefficient (Wildman–Crippen LogP) is 4.32. The van der Waals surface area contributed by atoms with E-state index in [2.05, 4.69) is 5.32 Å². The molecular formula is C24H24N2O4S2. The number of rotatable bonds is 10. The number of nitrogens with one attached hydrogen (secondary N) is 1. The summed E-state index contributed by atoms with van der Waals surface area (Å²) < 4.78 is 0.360. The Kier molecular flexibility index (Phi) is 8.58. The van der Waals surface area contributed by atoms with Gasteiger partial charge in [-0.15, -0.1) is 0 Å². The second-order valence-corrected chi connectivity index (χ2v) is 8.99. The first-order valence-electron chi connectivity index (χ1n) is 10.3. The topological polar surface area (TPSA) is 86.7 Å². The van der Waals surface area contributed by atoms with Gasteiger partial charge in [-0.2, -0.15) is 0 Å². The number of aliphatic carboxylic acids is 1. The van der Waals surface area contributed by atoms with Gasteiger partial charge in [0.1, 0.15) is 10.9 Å². The molecule has 0 saturated carbocycles. The van der Waals surface area contributed by atoms with Crippen molar-refractivity contribution < 1.29 is 19.5 Å². The van der Waals surface area contributed by atoms with Crippen LogP contribution in [0.25, 0.3) is 17.2 Å². The summed E-state index contributed by atoms with van der Waals surface area (Å²) in [6.45, 7) is 0.320. The van der Waals surface area contributed by atoms with Crippen LogP contribution in [0.1, 0.15) is 31.2 Å². The molecule has 1 aliphatic heterocycles. The molecule has 0 spiro atoms. The van der Waals surface area contributed by atoms with Crippen molar-refractivity contribution >= 4 is 52.2 Å². The van der Waals surface area contributed by atoms with E-state index in [0.29, 0.717) is 28.6 Å². The van der Waals surface area contributed by atoms with Crippen molar-refractivity contribution in [1.29, 1.82) is 0 Å². The summed E-state index contributed by atoms with van der Waals surface area (Å²) in [4.78, 5) is 37.2. The molecule has 1 aliphatic rings. The van der Waals surface area contributed by atoms with Crippen LogP contribution >= 0.6 is 24.0 Å². The molecular weight excluding hydrogens is 444 g/mol. The van der Waals surface area contributed by atoms with E-state index in [4.69, 9.17) is 17.3 Å². The Morgan fingerprint density at radius 3 is 2.38 bits per heavy atom. The highest BCUT2D eigenvalue weighted by molar-refractivity contribution is 8.26. The first-order chi connectivity index (χ1) is 15.4. The molecule has 0 radical (unpaired) electrons. The lowest BCUT2D eigenvalue weighted by atomic mass is 10.0. The number of carboxylic acid groups (broad SMARTS) is 1. The Morgan fingerprint density at radius 1 is 1.00 bits per heavy atom. The average Bonchev–Trinajstić information content (AvgIpc) is 3.04. The predicted molar refractivity (Wildman–Crippen MR) is 131 cm³/mol. The molecule has 6 nitrogen and oxygen atoms in total. The van der Waals surface area contributed by atoms with Crippen LogP contribution in [0.5, 0.6) is 0 Å². The molecule has 32 heavy (non-hydrogen) atoms. The van der Waals surface area contributed by atoms with Crippen LogP contribution in [0.2, 0.25) is 0 Å². The van der Waals surface area contributed by atoms with Crippen LogP contribution in [-0.2, 0) is 14.4 Å². The summed E-state index contributed by atoms with van der Waals surface area (Å²) in [5.74, 6) is -1.37. The minimum Gasteiger partial charge on any atom is -0.481 e. The molecule has 0 aliphatic carbocycles. The molecule has 2 amide bonds. The maximum atomic E-state index is 12.7. The van der Waals surface area contributed by atoms with Crippen molar-refractivity contribution in [1.82, 2.24) is 10.2 Å². The van der Waals surface area contributed by atoms with Gasteiger partial charge in [-0.3, -0.25) is 19.3 Å². The number of amides is 2. The third-order valence-electron chi connectivity index (χ3n) is 4.88. The number of hydrogen-bond donors (Lipinski definition) is 2. The Morgan fingerprint density at radius 2 is 1.69 bits per heavy atom. The van der Waals surface area contributed by atoms with Crippen molar-refractivity contribution in [2.45, 2.75) is 25.7 Å². The maximum Gasteiger partial charge on any atom is 0.303 e. The summed E-state index contributed by atoms with van der Waals surface area (Å²) in [6.07, 6.45) is 3.91. The Balaban J connectivity index is 1.52. The van der Waals surface area contributed by atoms with E-state index in [-0.39, 0.29) is 24.8 Å². The number of unbranched alkanes of at least 4 members (excludes halogenated alkanes) is 2.